The number of para-hydroxylation sites is 1. The van der Waals surface area contributed by atoms with E-state index in [4.69, 9.17) is 19.6 Å². The maximum absolute atomic E-state index is 5.94. The topological polar surface area (TPSA) is 60.9 Å². The first kappa shape index (κ1) is 13.4. The Kier molecular flexibility index (Phi) is 3.91. The predicted octanol–water partition coefficient (Wildman–Crippen LogP) is 1.60. The van der Waals surface area contributed by atoms with E-state index in [1.54, 1.807) is 0 Å². The van der Waals surface area contributed by atoms with Gasteiger partial charge in [0.2, 0.25) is 0 Å². The van der Waals surface area contributed by atoms with Crippen LogP contribution in [0, 0.1) is 0 Å². The van der Waals surface area contributed by atoms with Crippen LogP contribution in [-0.2, 0) is 11.3 Å². The summed E-state index contributed by atoms with van der Waals surface area (Å²) in [7, 11) is 2.09. The largest absolute Gasteiger partial charge is 0.486 e. The summed E-state index contributed by atoms with van der Waals surface area (Å²) < 4.78 is 17.4. The van der Waals surface area contributed by atoms with E-state index in [1.165, 1.54) is 0 Å². The molecule has 2 aromatic rings. The summed E-state index contributed by atoms with van der Waals surface area (Å²) in [5.41, 5.74) is 6.54. The molecular formula is C15H20N2O3. The van der Waals surface area contributed by atoms with Crippen molar-refractivity contribution in [3.63, 3.8) is 0 Å². The quantitative estimate of drug-likeness (QED) is 0.919. The molecule has 1 aromatic heterocycles. The Morgan fingerprint density at radius 3 is 3.05 bits per heavy atom. The number of benzene rings is 1. The molecule has 20 heavy (non-hydrogen) atoms. The summed E-state index contributed by atoms with van der Waals surface area (Å²) in [5, 5.41) is 0.970. The normalized spacial score (nSPS) is 20.4. The van der Waals surface area contributed by atoms with E-state index < -0.39 is 0 Å². The summed E-state index contributed by atoms with van der Waals surface area (Å²) >= 11 is 0. The third-order valence-corrected chi connectivity index (χ3v) is 3.56. The van der Waals surface area contributed by atoms with Gasteiger partial charge in [-0.2, -0.15) is 0 Å². The maximum Gasteiger partial charge on any atom is 0.169 e. The van der Waals surface area contributed by atoms with Crippen molar-refractivity contribution in [2.75, 3.05) is 33.4 Å². The fourth-order valence-electron chi connectivity index (χ4n) is 2.51. The van der Waals surface area contributed by atoms with Gasteiger partial charge in [-0.15, -0.1) is 0 Å². The third kappa shape index (κ3) is 2.65. The molecule has 0 saturated carbocycles. The zero-order valence-electron chi connectivity index (χ0n) is 11.7. The molecule has 1 atom stereocenters. The van der Waals surface area contributed by atoms with Gasteiger partial charge in [-0.05, 0) is 19.2 Å². The molecule has 1 aliphatic heterocycles. The molecule has 1 aliphatic rings. The van der Waals surface area contributed by atoms with Gasteiger partial charge in [0.25, 0.3) is 0 Å². The van der Waals surface area contributed by atoms with Gasteiger partial charge >= 0.3 is 0 Å². The van der Waals surface area contributed by atoms with Gasteiger partial charge in [-0.1, -0.05) is 12.1 Å². The van der Waals surface area contributed by atoms with Crippen molar-refractivity contribution >= 4 is 11.0 Å². The predicted molar refractivity (Wildman–Crippen MR) is 76.8 cm³/mol. The van der Waals surface area contributed by atoms with Crippen molar-refractivity contribution in [2.24, 2.45) is 5.73 Å². The summed E-state index contributed by atoms with van der Waals surface area (Å²) in [6.45, 7) is 3.45. The Hall–Kier alpha value is -1.56. The highest BCUT2D eigenvalue weighted by atomic mass is 16.5. The highest BCUT2D eigenvalue weighted by molar-refractivity contribution is 5.85. The number of likely N-dealkylation sites (N-methyl/N-ethyl adjacent to an activating group) is 1. The smallest absolute Gasteiger partial charge is 0.169 e. The van der Waals surface area contributed by atoms with Crippen LogP contribution in [0.1, 0.15) is 5.76 Å². The number of fused-ring (bicyclic) bond motifs is 1. The number of nitrogens with zero attached hydrogens (tertiary/aromatic N) is 1. The van der Waals surface area contributed by atoms with Gasteiger partial charge in [0, 0.05) is 13.1 Å². The van der Waals surface area contributed by atoms with Crippen molar-refractivity contribution in [3.8, 4) is 5.75 Å². The first-order valence-corrected chi connectivity index (χ1v) is 6.91. The van der Waals surface area contributed by atoms with E-state index in [0.717, 1.165) is 36.4 Å². The number of nitrogens with two attached hydrogens (primary N) is 1. The van der Waals surface area contributed by atoms with Crippen molar-refractivity contribution < 1.29 is 13.9 Å². The molecule has 0 bridgehead atoms. The molecular weight excluding hydrogens is 256 g/mol. The van der Waals surface area contributed by atoms with Gasteiger partial charge in [0.05, 0.1) is 18.5 Å². The van der Waals surface area contributed by atoms with E-state index in [9.17, 15) is 0 Å². The highest BCUT2D eigenvalue weighted by Crippen LogP contribution is 2.32. The standard InChI is InChI=1S/C15H20N2O3/c1-17-6-7-18-11(9-17)10-19-15-12-4-2-3-5-13(12)20-14(15)8-16/h2-5,11H,6-10,16H2,1H3. The monoisotopic (exact) mass is 276 g/mol. The Morgan fingerprint density at radius 2 is 2.25 bits per heavy atom. The SMILES string of the molecule is CN1CCOC(COc2c(CN)oc3ccccc23)C1. The molecule has 1 unspecified atom stereocenters. The summed E-state index contributed by atoms with van der Waals surface area (Å²) in [6, 6.07) is 7.82. The van der Waals surface area contributed by atoms with Gasteiger partial charge in [-0.25, -0.2) is 0 Å². The number of morpholine rings is 1. The molecule has 0 amide bonds. The molecule has 0 spiro atoms. The molecule has 1 aromatic carbocycles. The van der Waals surface area contributed by atoms with Crippen LogP contribution in [-0.4, -0.2) is 44.4 Å². The summed E-state index contributed by atoms with van der Waals surface area (Å²) in [5.74, 6) is 1.44. The molecule has 1 saturated heterocycles. The second-order valence-corrected chi connectivity index (χ2v) is 5.12. The van der Waals surface area contributed by atoms with Gasteiger partial charge in [0.15, 0.2) is 11.5 Å². The minimum atomic E-state index is 0.0908. The fraction of sp³-hybridized carbons (Fsp3) is 0.467. The van der Waals surface area contributed by atoms with Gasteiger partial charge in [-0.3, -0.25) is 0 Å². The van der Waals surface area contributed by atoms with Crippen LogP contribution in [0.2, 0.25) is 0 Å². The Morgan fingerprint density at radius 1 is 1.40 bits per heavy atom. The molecule has 0 radical (unpaired) electrons. The summed E-state index contributed by atoms with van der Waals surface area (Å²) in [4.78, 5) is 2.24. The second kappa shape index (κ2) is 5.83. The van der Waals surface area contributed by atoms with E-state index >= 15 is 0 Å². The van der Waals surface area contributed by atoms with Crippen molar-refractivity contribution in [3.05, 3.63) is 30.0 Å². The maximum atomic E-state index is 5.94. The molecule has 2 heterocycles. The van der Waals surface area contributed by atoms with E-state index in [1.807, 2.05) is 24.3 Å². The van der Waals surface area contributed by atoms with Crippen LogP contribution in [0.15, 0.2) is 28.7 Å². The lowest BCUT2D eigenvalue weighted by Crippen LogP contribution is -2.42. The Labute approximate surface area is 118 Å². The van der Waals surface area contributed by atoms with Crippen LogP contribution >= 0.6 is 0 Å². The first-order valence-electron chi connectivity index (χ1n) is 6.91. The van der Waals surface area contributed by atoms with E-state index in [-0.39, 0.29) is 6.10 Å². The third-order valence-electron chi connectivity index (χ3n) is 3.56. The number of furan rings is 1. The van der Waals surface area contributed by atoms with Crippen molar-refractivity contribution in [2.45, 2.75) is 12.6 Å². The van der Waals surface area contributed by atoms with Crippen LogP contribution < -0.4 is 10.5 Å². The van der Waals surface area contributed by atoms with E-state index in [2.05, 4.69) is 11.9 Å². The van der Waals surface area contributed by atoms with Gasteiger partial charge < -0.3 is 24.5 Å². The lowest BCUT2D eigenvalue weighted by Gasteiger charge is -2.29. The lowest BCUT2D eigenvalue weighted by atomic mass is 10.2. The fourth-order valence-corrected chi connectivity index (χ4v) is 2.51. The molecule has 108 valence electrons. The Bertz CT molecular complexity index is 582. The van der Waals surface area contributed by atoms with Crippen LogP contribution in [0.25, 0.3) is 11.0 Å². The van der Waals surface area contributed by atoms with E-state index in [0.29, 0.717) is 18.9 Å². The molecule has 2 N–H and O–H groups in total. The highest BCUT2D eigenvalue weighted by Gasteiger charge is 2.20. The molecule has 1 fully saturated rings. The van der Waals surface area contributed by atoms with Crippen LogP contribution in [0.3, 0.4) is 0 Å². The summed E-state index contributed by atoms with van der Waals surface area (Å²) in [6.07, 6.45) is 0.0908. The van der Waals surface area contributed by atoms with Crippen molar-refractivity contribution in [1.29, 1.82) is 0 Å². The first-order chi connectivity index (χ1) is 9.78. The molecule has 0 aliphatic carbocycles. The zero-order valence-corrected chi connectivity index (χ0v) is 11.7. The van der Waals surface area contributed by atoms with Crippen molar-refractivity contribution in [1.82, 2.24) is 4.90 Å². The molecule has 5 nitrogen and oxygen atoms in total. The minimum Gasteiger partial charge on any atom is -0.486 e. The average Bonchev–Trinajstić information content (AvgIpc) is 2.83. The number of ether oxygens (including phenoxy) is 2. The lowest BCUT2D eigenvalue weighted by molar-refractivity contribution is -0.0403. The molecule has 3 rings (SSSR count). The zero-order chi connectivity index (χ0) is 13.9. The Balaban J connectivity index is 1.76. The molecule has 5 heteroatoms. The number of hydrogen-bond acceptors (Lipinski definition) is 5. The second-order valence-electron chi connectivity index (χ2n) is 5.12. The number of hydrogen-bond donors (Lipinski definition) is 1. The minimum absolute atomic E-state index is 0.0908. The van der Waals surface area contributed by atoms with Crippen LogP contribution in [0.4, 0.5) is 0 Å². The average molecular weight is 276 g/mol. The van der Waals surface area contributed by atoms with Crippen LogP contribution in [0.5, 0.6) is 5.75 Å². The van der Waals surface area contributed by atoms with Gasteiger partial charge in [0.1, 0.15) is 18.3 Å². The number of rotatable bonds is 4.